The van der Waals surface area contributed by atoms with E-state index in [9.17, 15) is 0 Å². The van der Waals surface area contributed by atoms with E-state index < -0.39 is 0 Å². The van der Waals surface area contributed by atoms with Crippen molar-refractivity contribution in [2.24, 2.45) is 0 Å². The second kappa shape index (κ2) is 11.6. The summed E-state index contributed by atoms with van der Waals surface area (Å²) in [5.41, 5.74) is 1.20. The highest BCUT2D eigenvalue weighted by molar-refractivity contribution is 5.28. The first-order chi connectivity index (χ1) is 10.3. The molecule has 0 saturated carbocycles. The van der Waals surface area contributed by atoms with Crippen molar-refractivity contribution >= 4 is 0 Å². The highest BCUT2D eigenvalue weighted by Gasteiger charge is 2.11. The fraction of sp³-hybridized carbons (Fsp3) is 0.667. The lowest BCUT2D eigenvalue weighted by atomic mass is 10.1. The van der Waals surface area contributed by atoms with Crippen LogP contribution in [0.1, 0.15) is 57.1 Å². The third kappa shape index (κ3) is 7.49. The molecule has 1 atom stereocenters. The Balaban J connectivity index is 2.32. The van der Waals surface area contributed by atoms with Gasteiger partial charge in [-0.3, -0.25) is 0 Å². The Bertz CT molecular complexity index is 351. The van der Waals surface area contributed by atoms with Crippen molar-refractivity contribution in [3.63, 3.8) is 0 Å². The van der Waals surface area contributed by atoms with E-state index in [-0.39, 0.29) is 6.10 Å². The van der Waals surface area contributed by atoms with Crippen LogP contribution in [-0.2, 0) is 4.74 Å². The highest BCUT2D eigenvalue weighted by atomic mass is 16.5. The molecule has 21 heavy (non-hydrogen) atoms. The topological polar surface area (TPSA) is 30.5 Å². The van der Waals surface area contributed by atoms with E-state index in [1.165, 1.54) is 37.7 Å². The van der Waals surface area contributed by atoms with Gasteiger partial charge in [-0.25, -0.2) is 0 Å². The summed E-state index contributed by atoms with van der Waals surface area (Å²) < 4.78 is 11.2. The van der Waals surface area contributed by atoms with Crippen LogP contribution in [0.2, 0.25) is 0 Å². The number of unbranched alkanes of at least 4 members (excludes halogenated alkanes) is 5. The van der Waals surface area contributed by atoms with E-state index in [4.69, 9.17) is 9.47 Å². The zero-order valence-electron chi connectivity index (χ0n) is 13.9. The zero-order chi connectivity index (χ0) is 15.3. The summed E-state index contributed by atoms with van der Waals surface area (Å²) in [6, 6.07) is 8.16. The van der Waals surface area contributed by atoms with Crippen LogP contribution >= 0.6 is 0 Å². The van der Waals surface area contributed by atoms with E-state index in [1.807, 2.05) is 19.2 Å². The van der Waals surface area contributed by atoms with Gasteiger partial charge in [-0.2, -0.15) is 0 Å². The molecule has 1 aromatic rings. The van der Waals surface area contributed by atoms with Crippen LogP contribution in [0, 0.1) is 0 Å². The number of rotatable bonds is 12. The molecule has 0 spiro atoms. The van der Waals surface area contributed by atoms with E-state index in [0.29, 0.717) is 0 Å². The maximum atomic E-state index is 6.05. The van der Waals surface area contributed by atoms with Crippen LogP contribution in [0.3, 0.4) is 0 Å². The molecular weight excluding hydrogens is 262 g/mol. The average molecular weight is 293 g/mol. The predicted molar refractivity (Wildman–Crippen MR) is 89.0 cm³/mol. The van der Waals surface area contributed by atoms with Crippen LogP contribution in [0.25, 0.3) is 0 Å². The van der Waals surface area contributed by atoms with Crippen LogP contribution < -0.4 is 10.1 Å². The Labute approximate surface area is 130 Å². The minimum absolute atomic E-state index is 0.122. The minimum atomic E-state index is 0.122. The minimum Gasteiger partial charge on any atom is -0.497 e. The van der Waals surface area contributed by atoms with Crippen LogP contribution in [0.5, 0.6) is 5.75 Å². The standard InChI is InChI=1S/C18H31NO2/c1-4-5-6-7-8-9-14-21-18(15-19-2)16-10-12-17(20-3)13-11-16/h10-13,18-19H,4-9,14-15H2,1-3H3. The summed E-state index contributed by atoms with van der Waals surface area (Å²) >= 11 is 0. The van der Waals surface area contributed by atoms with Crippen molar-refractivity contribution < 1.29 is 9.47 Å². The maximum absolute atomic E-state index is 6.05. The van der Waals surface area contributed by atoms with Crippen molar-refractivity contribution in [2.45, 2.75) is 51.6 Å². The smallest absolute Gasteiger partial charge is 0.118 e. The van der Waals surface area contributed by atoms with Crippen molar-refractivity contribution in [3.8, 4) is 5.75 Å². The number of nitrogens with one attached hydrogen (secondary N) is 1. The van der Waals surface area contributed by atoms with Crippen molar-refractivity contribution in [1.82, 2.24) is 5.32 Å². The molecule has 3 heteroatoms. The molecule has 0 aliphatic carbocycles. The number of ether oxygens (including phenoxy) is 2. The third-order valence-electron chi connectivity index (χ3n) is 3.69. The van der Waals surface area contributed by atoms with Gasteiger partial charge in [0.2, 0.25) is 0 Å². The molecule has 0 saturated heterocycles. The number of hydrogen-bond acceptors (Lipinski definition) is 3. The van der Waals surface area contributed by atoms with E-state index in [1.54, 1.807) is 7.11 Å². The van der Waals surface area contributed by atoms with E-state index in [2.05, 4.69) is 24.4 Å². The highest BCUT2D eigenvalue weighted by Crippen LogP contribution is 2.20. The lowest BCUT2D eigenvalue weighted by Gasteiger charge is -2.18. The lowest BCUT2D eigenvalue weighted by Crippen LogP contribution is -2.20. The van der Waals surface area contributed by atoms with E-state index in [0.717, 1.165) is 25.3 Å². The normalized spacial score (nSPS) is 12.3. The van der Waals surface area contributed by atoms with Crippen LogP contribution in [0.4, 0.5) is 0 Å². The molecule has 1 rings (SSSR count). The largest absolute Gasteiger partial charge is 0.497 e. The summed E-state index contributed by atoms with van der Waals surface area (Å²) in [4.78, 5) is 0. The van der Waals surface area contributed by atoms with Gasteiger partial charge >= 0.3 is 0 Å². The summed E-state index contributed by atoms with van der Waals surface area (Å²) in [7, 11) is 3.65. The molecular formula is C18H31NO2. The fourth-order valence-corrected chi connectivity index (χ4v) is 2.38. The second-order valence-electron chi connectivity index (χ2n) is 5.46. The van der Waals surface area contributed by atoms with Gasteiger partial charge in [0.15, 0.2) is 0 Å². The first kappa shape index (κ1) is 18.0. The van der Waals surface area contributed by atoms with Gasteiger partial charge in [0.25, 0.3) is 0 Å². The molecule has 0 radical (unpaired) electrons. The van der Waals surface area contributed by atoms with Crippen molar-refractivity contribution in [1.29, 1.82) is 0 Å². The Morgan fingerprint density at radius 3 is 2.29 bits per heavy atom. The molecule has 0 bridgehead atoms. The fourth-order valence-electron chi connectivity index (χ4n) is 2.38. The molecule has 1 unspecified atom stereocenters. The Morgan fingerprint density at radius 1 is 1.00 bits per heavy atom. The molecule has 0 amide bonds. The van der Waals surface area contributed by atoms with Gasteiger partial charge in [-0.1, -0.05) is 51.2 Å². The molecule has 1 N–H and O–H groups in total. The molecule has 0 heterocycles. The molecule has 120 valence electrons. The van der Waals surface area contributed by atoms with Gasteiger partial charge in [0, 0.05) is 13.2 Å². The second-order valence-corrected chi connectivity index (χ2v) is 5.46. The average Bonchev–Trinajstić information content (AvgIpc) is 2.53. The van der Waals surface area contributed by atoms with Crippen molar-refractivity contribution in [2.75, 3.05) is 27.3 Å². The Kier molecular flexibility index (Phi) is 9.92. The summed E-state index contributed by atoms with van der Waals surface area (Å²) in [5.74, 6) is 0.887. The molecule has 0 aliphatic rings. The van der Waals surface area contributed by atoms with Gasteiger partial charge in [0.05, 0.1) is 13.2 Å². The van der Waals surface area contributed by atoms with Gasteiger partial charge in [-0.15, -0.1) is 0 Å². The van der Waals surface area contributed by atoms with Gasteiger partial charge in [-0.05, 0) is 31.2 Å². The third-order valence-corrected chi connectivity index (χ3v) is 3.69. The Morgan fingerprint density at radius 2 is 1.67 bits per heavy atom. The Hall–Kier alpha value is -1.06. The monoisotopic (exact) mass is 293 g/mol. The summed E-state index contributed by atoms with van der Waals surface area (Å²) in [5, 5.41) is 3.21. The SMILES string of the molecule is CCCCCCCCOC(CNC)c1ccc(OC)cc1. The van der Waals surface area contributed by atoms with Gasteiger partial charge in [0.1, 0.15) is 5.75 Å². The van der Waals surface area contributed by atoms with Crippen molar-refractivity contribution in [3.05, 3.63) is 29.8 Å². The van der Waals surface area contributed by atoms with Gasteiger partial charge < -0.3 is 14.8 Å². The number of hydrogen-bond donors (Lipinski definition) is 1. The zero-order valence-corrected chi connectivity index (χ0v) is 13.9. The predicted octanol–water partition coefficient (Wildman–Crippen LogP) is 4.33. The van der Waals surface area contributed by atoms with E-state index >= 15 is 0 Å². The molecule has 0 aliphatic heterocycles. The lowest BCUT2D eigenvalue weighted by molar-refractivity contribution is 0.0511. The molecule has 0 aromatic heterocycles. The molecule has 1 aromatic carbocycles. The van der Waals surface area contributed by atoms with Crippen LogP contribution in [-0.4, -0.2) is 27.3 Å². The number of benzene rings is 1. The number of methoxy groups -OCH3 is 1. The quantitative estimate of drug-likeness (QED) is 0.582. The molecule has 0 fully saturated rings. The summed E-state index contributed by atoms with van der Waals surface area (Å²) in [6.45, 7) is 3.92. The first-order valence-corrected chi connectivity index (χ1v) is 8.22. The molecule has 3 nitrogen and oxygen atoms in total. The van der Waals surface area contributed by atoms with Crippen LogP contribution in [0.15, 0.2) is 24.3 Å². The summed E-state index contributed by atoms with van der Waals surface area (Å²) in [6.07, 6.45) is 7.89. The maximum Gasteiger partial charge on any atom is 0.118 e. The number of likely N-dealkylation sites (N-methyl/N-ethyl adjacent to an activating group) is 1. The first-order valence-electron chi connectivity index (χ1n) is 8.22.